The predicted octanol–water partition coefficient (Wildman–Crippen LogP) is -0.364. The van der Waals surface area contributed by atoms with E-state index in [2.05, 4.69) is 20.6 Å². The lowest BCUT2D eigenvalue weighted by molar-refractivity contribution is 0.258. The molecule has 1 heterocycles. The Hall–Kier alpha value is -2.19. The van der Waals surface area contributed by atoms with Crippen LogP contribution in [-0.2, 0) is 12.8 Å². The van der Waals surface area contributed by atoms with Crippen molar-refractivity contribution in [3.05, 3.63) is 29.6 Å². The fraction of sp³-hybridized carbons (Fsp3) is 0.222. The van der Waals surface area contributed by atoms with Crippen LogP contribution in [0, 0.1) is 0 Å². The summed E-state index contributed by atoms with van der Waals surface area (Å²) < 4.78 is 0. The molecule has 6 N–H and O–H groups in total. The topological polar surface area (TPSA) is 130 Å². The first kappa shape index (κ1) is 11.3. The minimum absolute atomic E-state index is 0.369. The second-order valence-corrected chi connectivity index (χ2v) is 3.57. The SMILES string of the molecule is Nc1cc(CCc2nn[nH]n2)ccc1N(N)O. The van der Waals surface area contributed by atoms with Crippen LogP contribution in [0.4, 0.5) is 11.4 Å². The van der Waals surface area contributed by atoms with Gasteiger partial charge >= 0.3 is 0 Å². The van der Waals surface area contributed by atoms with E-state index in [0.717, 1.165) is 12.0 Å². The van der Waals surface area contributed by atoms with Gasteiger partial charge in [0.05, 0.1) is 5.69 Å². The maximum Gasteiger partial charge on any atom is 0.174 e. The average molecular weight is 235 g/mol. The number of rotatable bonds is 4. The van der Waals surface area contributed by atoms with Crippen LogP contribution in [0.25, 0.3) is 0 Å². The number of nitrogens with one attached hydrogen (secondary N) is 1. The van der Waals surface area contributed by atoms with Gasteiger partial charge in [0, 0.05) is 6.42 Å². The number of anilines is 2. The Balaban J connectivity index is 2.05. The molecule has 2 aromatic rings. The van der Waals surface area contributed by atoms with Crippen LogP contribution in [0.3, 0.4) is 0 Å². The van der Waals surface area contributed by atoms with Gasteiger partial charge in [0.1, 0.15) is 5.69 Å². The lowest BCUT2D eigenvalue weighted by Crippen LogP contribution is -2.26. The van der Waals surface area contributed by atoms with Gasteiger partial charge in [-0.15, -0.1) is 10.2 Å². The molecular formula is C9H13N7O. The highest BCUT2D eigenvalue weighted by Crippen LogP contribution is 2.21. The fourth-order valence-corrected chi connectivity index (χ4v) is 1.51. The molecule has 0 radical (unpaired) electrons. The summed E-state index contributed by atoms with van der Waals surface area (Å²) in [6, 6.07) is 5.24. The fourth-order valence-electron chi connectivity index (χ4n) is 1.51. The third-order valence-electron chi connectivity index (χ3n) is 2.37. The molecule has 0 aliphatic rings. The largest absolute Gasteiger partial charge is 0.397 e. The second-order valence-electron chi connectivity index (χ2n) is 3.57. The Morgan fingerprint density at radius 2 is 2.18 bits per heavy atom. The van der Waals surface area contributed by atoms with Crippen LogP contribution in [-0.4, -0.2) is 25.8 Å². The Labute approximate surface area is 97.1 Å². The van der Waals surface area contributed by atoms with Crippen molar-refractivity contribution in [3.63, 3.8) is 0 Å². The van der Waals surface area contributed by atoms with E-state index in [1.54, 1.807) is 12.1 Å². The molecule has 0 saturated carbocycles. The van der Waals surface area contributed by atoms with Crippen LogP contribution < -0.4 is 16.7 Å². The number of nitrogen functional groups attached to an aromatic ring is 1. The van der Waals surface area contributed by atoms with Gasteiger partial charge in [0.2, 0.25) is 0 Å². The van der Waals surface area contributed by atoms with Gasteiger partial charge in [-0.05, 0) is 24.1 Å². The number of benzene rings is 1. The molecule has 0 aliphatic carbocycles. The van der Waals surface area contributed by atoms with Gasteiger partial charge in [-0.25, -0.2) is 5.84 Å². The molecule has 0 amide bonds. The highest BCUT2D eigenvalue weighted by atomic mass is 16.5. The molecule has 0 atom stereocenters. The van der Waals surface area contributed by atoms with Crippen LogP contribution in [0.15, 0.2) is 18.2 Å². The normalized spacial score (nSPS) is 10.5. The van der Waals surface area contributed by atoms with Gasteiger partial charge in [0.15, 0.2) is 5.82 Å². The van der Waals surface area contributed by atoms with Crippen LogP contribution in [0.1, 0.15) is 11.4 Å². The molecule has 8 heteroatoms. The van der Waals surface area contributed by atoms with Gasteiger partial charge < -0.3 is 5.73 Å². The predicted molar refractivity (Wildman–Crippen MR) is 60.9 cm³/mol. The number of hydrogen-bond donors (Lipinski definition) is 4. The minimum atomic E-state index is 0.369. The van der Waals surface area contributed by atoms with Crippen LogP contribution >= 0.6 is 0 Å². The third-order valence-corrected chi connectivity index (χ3v) is 2.37. The van der Waals surface area contributed by atoms with E-state index in [9.17, 15) is 0 Å². The third kappa shape index (κ3) is 2.68. The van der Waals surface area contributed by atoms with Crippen molar-refractivity contribution in [2.45, 2.75) is 12.8 Å². The standard InChI is InChI=1S/C9H13N7O/c10-7-5-6(1-3-8(7)16(11)17)2-4-9-12-14-15-13-9/h1,3,5,17H,2,4,10-11H2,(H,12,13,14,15). The van der Waals surface area contributed by atoms with E-state index in [0.29, 0.717) is 28.8 Å². The van der Waals surface area contributed by atoms with Crippen molar-refractivity contribution in [2.24, 2.45) is 5.84 Å². The average Bonchev–Trinajstić information content (AvgIpc) is 2.78. The van der Waals surface area contributed by atoms with Crippen LogP contribution in [0.5, 0.6) is 0 Å². The van der Waals surface area contributed by atoms with E-state index >= 15 is 0 Å². The Morgan fingerprint density at radius 3 is 2.76 bits per heavy atom. The monoisotopic (exact) mass is 235 g/mol. The zero-order valence-corrected chi connectivity index (χ0v) is 9.04. The van der Waals surface area contributed by atoms with Gasteiger partial charge in [-0.1, -0.05) is 11.3 Å². The summed E-state index contributed by atoms with van der Waals surface area (Å²) >= 11 is 0. The summed E-state index contributed by atoms with van der Waals surface area (Å²) in [5.41, 5.74) is 7.54. The highest BCUT2D eigenvalue weighted by molar-refractivity contribution is 5.66. The Bertz CT molecular complexity index is 482. The van der Waals surface area contributed by atoms with E-state index in [1.165, 1.54) is 0 Å². The molecule has 0 unspecified atom stereocenters. The van der Waals surface area contributed by atoms with Crippen molar-refractivity contribution in [3.8, 4) is 0 Å². The number of nitrogens with two attached hydrogens (primary N) is 2. The number of nitrogens with zero attached hydrogens (tertiary/aromatic N) is 4. The summed E-state index contributed by atoms with van der Waals surface area (Å²) in [7, 11) is 0. The molecule has 8 nitrogen and oxygen atoms in total. The smallest absolute Gasteiger partial charge is 0.174 e. The van der Waals surface area contributed by atoms with Crippen molar-refractivity contribution in [1.82, 2.24) is 20.6 Å². The second kappa shape index (κ2) is 4.76. The first-order valence-corrected chi connectivity index (χ1v) is 5.01. The molecule has 1 aromatic heterocycles. The van der Waals surface area contributed by atoms with Gasteiger partial charge in [0.25, 0.3) is 0 Å². The number of aromatic nitrogens is 4. The summed E-state index contributed by atoms with van der Waals surface area (Å²) in [4.78, 5) is 0. The van der Waals surface area contributed by atoms with Crippen molar-refractivity contribution in [1.29, 1.82) is 0 Å². The quantitative estimate of drug-likeness (QED) is 0.323. The zero-order chi connectivity index (χ0) is 12.3. The van der Waals surface area contributed by atoms with E-state index in [-0.39, 0.29) is 0 Å². The van der Waals surface area contributed by atoms with E-state index in [1.807, 2.05) is 6.07 Å². The number of hydrazine groups is 1. The molecular weight excluding hydrogens is 222 g/mol. The Kier molecular flexibility index (Phi) is 3.17. The van der Waals surface area contributed by atoms with Crippen molar-refractivity contribution < 1.29 is 5.21 Å². The number of hydrogen-bond acceptors (Lipinski definition) is 7. The number of aromatic amines is 1. The Morgan fingerprint density at radius 1 is 1.35 bits per heavy atom. The van der Waals surface area contributed by atoms with Crippen LogP contribution in [0.2, 0.25) is 0 Å². The minimum Gasteiger partial charge on any atom is -0.397 e. The molecule has 0 fully saturated rings. The molecule has 2 rings (SSSR count). The summed E-state index contributed by atoms with van der Waals surface area (Å²) in [5, 5.41) is 23.1. The number of H-pyrrole nitrogens is 1. The molecule has 0 spiro atoms. The first-order chi connectivity index (χ1) is 8.16. The molecule has 90 valence electrons. The number of aryl methyl sites for hydroxylation is 2. The summed E-state index contributed by atoms with van der Waals surface area (Å²) in [6.07, 6.45) is 1.40. The molecule has 1 aromatic carbocycles. The van der Waals surface area contributed by atoms with Crippen molar-refractivity contribution >= 4 is 11.4 Å². The maximum atomic E-state index is 9.07. The zero-order valence-electron chi connectivity index (χ0n) is 9.04. The lowest BCUT2D eigenvalue weighted by atomic mass is 10.1. The maximum absolute atomic E-state index is 9.07. The lowest BCUT2D eigenvalue weighted by Gasteiger charge is -2.13. The summed E-state index contributed by atoms with van der Waals surface area (Å²) in [5.74, 6) is 5.84. The molecule has 0 saturated heterocycles. The van der Waals surface area contributed by atoms with Crippen molar-refractivity contribution in [2.75, 3.05) is 10.9 Å². The summed E-state index contributed by atoms with van der Waals surface area (Å²) in [6.45, 7) is 0. The van der Waals surface area contributed by atoms with Gasteiger partial charge in [-0.2, -0.15) is 10.4 Å². The van der Waals surface area contributed by atoms with E-state index in [4.69, 9.17) is 16.8 Å². The van der Waals surface area contributed by atoms with E-state index < -0.39 is 0 Å². The van der Waals surface area contributed by atoms with Gasteiger partial charge in [-0.3, -0.25) is 5.21 Å². The molecule has 0 bridgehead atoms. The highest BCUT2D eigenvalue weighted by Gasteiger charge is 2.05. The molecule has 0 aliphatic heterocycles. The molecule has 17 heavy (non-hydrogen) atoms. The first-order valence-electron chi connectivity index (χ1n) is 5.01. The number of tetrazole rings is 1.